The number of aliphatic imine (C=N–C) groups is 1. The molecular weight excluding hydrogens is 236 g/mol. The summed E-state index contributed by atoms with van der Waals surface area (Å²) in [6.45, 7) is 0.603. The average molecular weight is 247 g/mol. The molecule has 13 heavy (non-hydrogen) atoms. The largest absolute Gasteiger partial charge is 0.484 e. The average Bonchev–Trinajstić information content (AvgIpc) is 2.48. The zero-order chi connectivity index (χ0) is 10.1. The summed E-state index contributed by atoms with van der Waals surface area (Å²) in [6, 6.07) is 0. The van der Waals surface area contributed by atoms with Gasteiger partial charge in [0.1, 0.15) is 6.10 Å². The van der Waals surface area contributed by atoms with Crippen molar-refractivity contribution in [3.63, 3.8) is 0 Å². The topological polar surface area (TPSA) is 41.8 Å². The molecule has 2 unspecified atom stereocenters. The molecule has 0 aromatic rings. The van der Waals surface area contributed by atoms with E-state index in [0.717, 1.165) is 0 Å². The Labute approximate surface area is 91.6 Å². The first-order valence-electron chi connectivity index (χ1n) is 3.80. The quantitative estimate of drug-likeness (QED) is 0.717. The monoisotopic (exact) mass is 245 g/mol. The van der Waals surface area contributed by atoms with Crippen LogP contribution in [0.25, 0.3) is 0 Å². The standard InChI is InChI=1S/C7H10Cl3NO2/c1-13-6-4(2-3-11-6)5(12)7(8,9)10/h4-5,12H,2-3H2,1H3. The lowest BCUT2D eigenvalue weighted by atomic mass is 10.0. The minimum atomic E-state index is -1.69. The van der Waals surface area contributed by atoms with Crippen molar-refractivity contribution in [1.82, 2.24) is 0 Å². The van der Waals surface area contributed by atoms with Crippen molar-refractivity contribution in [3.05, 3.63) is 0 Å². The van der Waals surface area contributed by atoms with Gasteiger partial charge in [0.25, 0.3) is 0 Å². The van der Waals surface area contributed by atoms with E-state index in [1.165, 1.54) is 7.11 Å². The lowest BCUT2D eigenvalue weighted by Gasteiger charge is -2.24. The Hall–Kier alpha value is 0.300. The Balaban J connectivity index is 2.68. The van der Waals surface area contributed by atoms with Gasteiger partial charge in [0, 0.05) is 6.54 Å². The fourth-order valence-electron chi connectivity index (χ4n) is 1.29. The minimum absolute atomic E-state index is 0.308. The number of nitrogens with zero attached hydrogens (tertiary/aromatic N) is 1. The Bertz CT molecular complexity index is 214. The summed E-state index contributed by atoms with van der Waals surface area (Å²) in [5.41, 5.74) is 0. The second-order valence-electron chi connectivity index (χ2n) is 2.81. The molecule has 0 fully saturated rings. The lowest BCUT2D eigenvalue weighted by Crippen LogP contribution is -2.37. The van der Waals surface area contributed by atoms with E-state index in [2.05, 4.69) is 4.99 Å². The summed E-state index contributed by atoms with van der Waals surface area (Å²) in [6.07, 6.45) is -0.420. The molecule has 1 aliphatic rings. The summed E-state index contributed by atoms with van der Waals surface area (Å²) in [4.78, 5) is 4.03. The number of aliphatic hydroxyl groups is 1. The van der Waals surface area contributed by atoms with Crippen LogP contribution in [-0.2, 0) is 4.74 Å². The molecule has 0 amide bonds. The second-order valence-corrected chi connectivity index (χ2v) is 5.17. The Morgan fingerprint density at radius 1 is 1.62 bits per heavy atom. The van der Waals surface area contributed by atoms with Crippen molar-refractivity contribution in [2.45, 2.75) is 16.3 Å². The van der Waals surface area contributed by atoms with Gasteiger partial charge < -0.3 is 9.84 Å². The van der Waals surface area contributed by atoms with Crippen molar-refractivity contribution >= 4 is 40.7 Å². The van der Waals surface area contributed by atoms with Crippen LogP contribution < -0.4 is 0 Å². The smallest absolute Gasteiger partial charge is 0.216 e. The van der Waals surface area contributed by atoms with Crippen molar-refractivity contribution in [1.29, 1.82) is 0 Å². The maximum absolute atomic E-state index is 9.63. The molecule has 0 spiro atoms. The van der Waals surface area contributed by atoms with Gasteiger partial charge in [-0.1, -0.05) is 34.8 Å². The number of halogens is 3. The van der Waals surface area contributed by atoms with Crippen LogP contribution >= 0.6 is 34.8 Å². The molecule has 0 aromatic heterocycles. The third-order valence-corrected chi connectivity index (χ3v) is 2.62. The minimum Gasteiger partial charge on any atom is -0.484 e. The number of aliphatic hydroxyl groups excluding tert-OH is 1. The number of ether oxygens (including phenoxy) is 1. The fourth-order valence-corrected chi connectivity index (χ4v) is 1.75. The van der Waals surface area contributed by atoms with Crippen LogP contribution in [0.4, 0.5) is 0 Å². The van der Waals surface area contributed by atoms with E-state index in [4.69, 9.17) is 39.5 Å². The molecule has 0 aliphatic carbocycles. The normalized spacial score (nSPS) is 25.6. The van der Waals surface area contributed by atoms with Crippen molar-refractivity contribution in [2.24, 2.45) is 10.9 Å². The molecular formula is C7H10Cl3NO2. The molecule has 6 heteroatoms. The number of methoxy groups -OCH3 is 1. The molecule has 0 aromatic carbocycles. The molecule has 1 N–H and O–H groups in total. The maximum Gasteiger partial charge on any atom is 0.216 e. The summed E-state index contributed by atoms with van der Waals surface area (Å²) in [7, 11) is 1.49. The van der Waals surface area contributed by atoms with E-state index in [1.807, 2.05) is 0 Å². The predicted octanol–water partition coefficient (Wildman–Crippen LogP) is 1.78. The molecule has 0 saturated carbocycles. The Morgan fingerprint density at radius 2 is 2.23 bits per heavy atom. The third kappa shape index (κ3) is 2.62. The molecule has 76 valence electrons. The molecule has 0 radical (unpaired) electrons. The highest BCUT2D eigenvalue weighted by Crippen LogP contribution is 2.36. The van der Waals surface area contributed by atoms with E-state index in [1.54, 1.807) is 0 Å². The Morgan fingerprint density at radius 3 is 2.69 bits per heavy atom. The van der Waals surface area contributed by atoms with Gasteiger partial charge in [-0.05, 0) is 6.42 Å². The van der Waals surface area contributed by atoms with Gasteiger partial charge in [-0.25, -0.2) is 0 Å². The first kappa shape index (κ1) is 11.4. The highest BCUT2D eigenvalue weighted by molar-refractivity contribution is 6.68. The summed E-state index contributed by atoms with van der Waals surface area (Å²) in [5.74, 6) is 0.149. The van der Waals surface area contributed by atoms with E-state index < -0.39 is 9.90 Å². The van der Waals surface area contributed by atoms with Gasteiger partial charge in [0.15, 0.2) is 5.90 Å². The third-order valence-electron chi connectivity index (χ3n) is 1.95. The summed E-state index contributed by atoms with van der Waals surface area (Å²) < 4.78 is 3.27. The van der Waals surface area contributed by atoms with Gasteiger partial charge in [-0.2, -0.15) is 0 Å². The molecule has 1 aliphatic heterocycles. The van der Waals surface area contributed by atoms with E-state index in [9.17, 15) is 5.11 Å². The SMILES string of the molecule is COC1=NCCC1C(O)C(Cl)(Cl)Cl. The zero-order valence-electron chi connectivity index (χ0n) is 7.01. The summed E-state index contributed by atoms with van der Waals surface area (Å²) in [5, 5.41) is 9.63. The molecule has 0 bridgehead atoms. The zero-order valence-corrected chi connectivity index (χ0v) is 9.27. The van der Waals surface area contributed by atoms with Crippen LogP contribution in [0.15, 0.2) is 4.99 Å². The van der Waals surface area contributed by atoms with Crippen molar-refractivity contribution in [3.8, 4) is 0 Å². The lowest BCUT2D eigenvalue weighted by molar-refractivity contribution is 0.132. The molecule has 1 rings (SSSR count). The number of alkyl halides is 3. The summed E-state index contributed by atoms with van der Waals surface area (Å²) >= 11 is 16.7. The van der Waals surface area contributed by atoms with Crippen LogP contribution in [0, 0.1) is 5.92 Å². The van der Waals surface area contributed by atoms with E-state index in [0.29, 0.717) is 18.9 Å². The first-order chi connectivity index (χ1) is 5.96. The second kappa shape index (κ2) is 4.22. The highest BCUT2D eigenvalue weighted by atomic mass is 35.6. The fraction of sp³-hybridized carbons (Fsp3) is 0.857. The van der Waals surface area contributed by atoms with Crippen LogP contribution in [0.3, 0.4) is 0 Å². The van der Waals surface area contributed by atoms with Gasteiger partial charge >= 0.3 is 0 Å². The number of hydrogen-bond acceptors (Lipinski definition) is 3. The van der Waals surface area contributed by atoms with Crippen LogP contribution in [0.2, 0.25) is 0 Å². The van der Waals surface area contributed by atoms with E-state index in [-0.39, 0.29) is 5.92 Å². The van der Waals surface area contributed by atoms with Crippen LogP contribution in [0.5, 0.6) is 0 Å². The Kier molecular flexibility index (Phi) is 3.69. The van der Waals surface area contributed by atoms with Gasteiger partial charge in [-0.3, -0.25) is 4.99 Å². The molecule has 1 heterocycles. The number of rotatable bonds is 1. The molecule has 2 atom stereocenters. The molecule has 0 saturated heterocycles. The van der Waals surface area contributed by atoms with Gasteiger partial charge in [-0.15, -0.1) is 0 Å². The predicted molar refractivity (Wildman–Crippen MR) is 53.7 cm³/mol. The van der Waals surface area contributed by atoms with Crippen LogP contribution in [0.1, 0.15) is 6.42 Å². The highest BCUT2D eigenvalue weighted by Gasteiger charge is 2.41. The van der Waals surface area contributed by atoms with E-state index >= 15 is 0 Å². The molecule has 3 nitrogen and oxygen atoms in total. The number of hydrogen-bond donors (Lipinski definition) is 1. The van der Waals surface area contributed by atoms with Crippen molar-refractivity contribution in [2.75, 3.05) is 13.7 Å². The maximum atomic E-state index is 9.63. The van der Waals surface area contributed by atoms with Crippen molar-refractivity contribution < 1.29 is 9.84 Å². The van der Waals surface area contributed by atoms with Gasteiger partial charge in [0.05, 0.1) is 13.0 Å². The van der Waals surface area contributed by atoms with Gasteiger partial charge in [0.2, 0.25) is 3.79 Å². The first-order valence-corrected chi connectivity index (χ1v) is 4.93. The van der Waals surface area contributed by atoms with Crippen LogP contribution in [-0.4, -0.2) is 34.6 Å².